The minimum Gasteiger partial charge on any atom is -0.262 e. The van der Waals surface area contributed by atoms with Gasteiger partial charge in [-0.2, -0.15) is 0 Å². The van der Waals surface area contributed by atoms with Crippen LogP contribution in [0.5, 0.6) is 0 Å². The maximum Gasteiger partial charge on any atom is 0.0404 e. The Labute approximate surface area is 104 Å². The molecule has 0 amide bonds. The molecule has 2 rings (SSSR count). The normalized spacial score (nSPS) is 9.47. The molecule has 0 aliphatic rings. The number of rotatable bonds is 0. The van der Waals surface area contributed by atoms with Crippen LogP contribution in [0.25, 0.3) is 0 Å². The molecule has 0 saturated carbocycles. The zero-order chi connectivity index (χ0) is 12.8. The van der Waals surface area contributed by atoms with Gasteiger partial charge in [-0.3, -0.25) is 9.97 Å². The van der Waals surface area contributed by atoms with E-state index in [1.54, 1.807) is 0 Å². The van der Waals surface area contributed by atoms with Crippen LogP contribution in [0.1, 0.15) is 28.1 Å². The smallest absolute Gasteiger partial charge is 0.0404 e. The van der Waals surface area contributed by atoms with Crippen molar-refractivity contribution in [2.24, 2.45) is 0 Å². The van der Waals surface area contributed by atoms with Crippen molar-refractivity contribution < 1.29 is 0 Å². The largest absolute Gasteiger partial charge is 0.262 e. The highest BCUT2D eigenvalue weighted by Crippen LogP contribution is 2.06. The third-order valence-corrected chi connectivity index (χ3v) is 2.78. The Bertz CT molecular complexity index is 453. The molecule has 0 aliphatic heterocycles. The van der Waals surface area contributed by atoms with Crippen molar-refractivity contribution in [2.75, 3.05) is 0 Å². The molecule has 0 aromatic carbocycles. The maximum atomic E-state index is 4.14. The molecule has 2 nitrogen and oxygen atoms in total. The number of nitrogens with zero attached hydrogens (tertiary/aromatic N) is 2. The third-order valence-electron chi connectivity index (χ3n) is 2.78. The van der Waals surface area contributed by atoms with Gasteiger partial charge in [0.25, 0.3) is 0 Å². The van der Waals surface area contributed by atoms with E-state index in [2.05, 4.69) is 36.8 Å². The number of pyridine rings is 2. The van der Waals surface area contributed by atoms with Gasteiger partial charge in [0.15, 0.2) is 0 Å². The Morgan fingerprint density at radius 1 is 0.824 bits per heavy atom. The minimum atomic E-state index is 1.09. The molecule has 17 heavy (non-hydrogen) atoms. The molecule has 0 atom stereocenters. The Balaban J connectivity index is 0.000000171. The van der Waals surface area contributed by atoms with E-state index in [1.165, 1.54) is 16.7 Å². The lowest BCUT2D eigenvalue weighted by Gasteiger charge is -1.99. The van der Waals surface area contributed by atoms with Crippen molar-refractivity contribution in [3.63, 3.8) is 0 Å². The van der Waals surface area contributed by atoms with Crippen molar-refractivity contribution in [2.45, 2.75) is 34.6 Å². The van der Waals surface area contributed by atoms with Crippen LogP contribution in [0.3, 0.4) is 0 Å². The SMILES string of the molecule is Cc1ccnc(C)c1.Cc1ccnc(C)c1C. The quantitative estimate of drug-likeness (QED) is 0.687. The van der Waals surface area contributed by atoms with Gasteiger partial charge in [-0.05, 0) is 69.5 Å². The second-order valence-corrected chi connectivity index (χ2v) is 4.31. The highest BCUT2D eigenvalue weighted by molar-refractivity contribution is 5.25. The van der Waals surface area contributed by atoms with Crippen molar-refractivity contribution in [3.05, 3.63) is 58.7 Å². The summed E-state index contributed by atoms with van der Waals surface area (Å²) in [6, 6.07) is 6.08. The molecule has 2 heterocycles. The molecule has 0 radical (unpaired) electrons. The fraction of sp³-hybridized carbons (Fsp3) is 0.333. The Morgan fingerprint density at radius 2 is 1.47 bits per heavy atom. The predicted octanol–water partition coefficient (Wildman–Crippen LogP) is 3.71. The molecule has 0 N–H and O–H groups in total. The second-order valence-electron chi connectivity index (χ2n) is 4.31. The lowest BCUT2D eigenvalue weighted by atomic mass is 10.1. The van der Waals surface area contributed by atoms with Gasteiger partial charge in [0.2, 0.25) is 0 Å². The molecule has 2 aromatic rings. The van der Waals surface area contributed by atoms with Crippen LogP contribution in [-0.2, 0) is 0 Å². The average molecular weight is 228 g/mol. The van der Waals surface area contributed by atoms with E-state index in [-0.39, 0.29) is 0 Å². The molecule has 90 valence electrons. The lowest BCUT2D eigenvalue weighted by Crippen LogP contribution is -1.87. The summed E-state index contributed by atoms with van der Waals surface area (Å²) >= 11 is 0. The van der Waals surface area contributed by atoms with Gasteiger partial charge in [-0.15, -0.1) is 0 Å². The Hall–Kier alpha value is -1.70. The summed E-state index contributed by atoms with van der Waals surface area (Å²) in [5.74, 6) is 0. The molecule has 0 spiro atoms. The summed E-state index contributed by atoms with van der Waals surface area (Å²) in [4.78, 5) is 8.18. The van der Waals surface area contributed by atoms with E-state index in [0.29, 0.717) is 0 Å². The molecule has 0 aliphatic carbocycles. The summed E-state index contributed by atoms with van der Waals surface area (Å²) in [7, 11) is 0. The minimum absolute atomic E-state index is 1.09. The monoisotopic (exact) mass is 228 g/mol. The van der Waals surface area contributed by atoms with Crippen molar-refractivity contribution in [3.8, 4) is 0 Å². The van der Waals surface area contributed by atoms with Gasteiger partial charge in [0, 0.05) is 23.8 Å². The second kappa shape index (κ2) is 6.14. The summed E-state index contributed by atoms with van der Waals surface area (Å²) in [5, 5.41) is 0. The van der Waals surface area contributed by atoms with Crippen molar-refractivity contribution >= 4 is 0 Å². The van der Waals surface area contributed by atoms with Gasteiger partial charge in [-0.25, -0.2) is 0 Å². The van der Waals surface area contributed by atoms with E-state index in [9.17, 15) is 0 Å². The first-order valence-electron chi connectivity index (χ1n) is 5.78. The number of aryl methyl sites for hydroxylation is 4. The van der Waals surface area contributed by atoms with Gasteiger partial charge < -0.3 is 0 Å². The predicted molar refractivity (Wildman–Crippen MR) is 72.2 cm³/mol. The summed E-state index contributed by atoms with van der Waals surface area (Å²) in [6.07, 6.45) is 3.67. The highest BCUT2D eigenvalue weighted by atomic mass is 14.7. The lowest BCUT2D eigenvalue weighted by molar-refractivity contribution is 1.12. The molecule has 0 fully saturated rings. The maximum absolute atomic E-state index is 4.14. The molecular formula is C15H20N2. The fourth-order valence-electron chi connectivity index (χ4n) is 1.46. The Kier molecular flexibility index (Phi) is 4.83. The fourth-order valence-corrected chi connectivity index (χ4v) is 1.46. The number of aromatic nitrogens is 2. The van der Waals surface area contributed by atoms with Gasteiger partial charge >= 0.3 is 0 Å². The van der Waals surface area contributed by atoms with Crippen molar-refractivity contribution in [1.29, 1.82) is 0 Å². The van der Waals surface area contributed by atoms with Crippen LogP contribution >= 0.6 is 0 Å². The van der Waals surface area contributed by atoms with E-state index in [1.807, 2.05) is 38.4 Å². The van der Waals surface area contributed by atoms with Crippen LogP contribution in [0.15, 0.2) is 30.6 Å². The van der Waals surface area contributed by atoms with Crippen LogP contribution < -0.4 is 0 Å². The van der Waals surface area contributed by atoms with E-state index < -0.39 is 0 Å². The zero-order valence-corrected chi connectivity index (χ0v) is 11.3. The molecule has 0 bridgehead atoms. The van der Waals surface area contributed by atoms with E-state index in [0.717, 1.165) is 11.4 Å². The van der Waals surface area contributed by atoms with Crippen molar-refractivity contribution in [1.82, 2.24) is 9.97 Å². The molecular weight excluding hydrogens is 208 g/mol. The highest BCUT2D eigenvalue weighted by Gasteiger charge is 1.93. The summed E-state index contributed by atoms with van der Waals surface area (Å²) < 4.78 is 0. The summed E-state index contributed by atoms with van der Waals surface area (Å²) in [5.41, 5.74) is 6.12. The van der Waals surface area contributed by atoms with Crippen LogP contribution in [0.4, 0.5) is 0 Å². The molecule has 0 unspecified atom stereocenters. The topological polar surface area (TPSA) is 25.8 Å². The van der Waals surface area contributed by atoms with E-state index >= 15 is 0 Å². The molecule has 2 aromatic heterocycles. The Morgan fingerprint density at radius 3 is 1.88 bits per heavy atom. The first-order valence-corrected chi connectivity index (χ1v) is 5.78. The van der Waals surface area contributed by atoms with Gasteiger partial charge in [-0.1, -0.05) is 0 Å². The zero-order valence-electron chi connectivity index (χ0n) is 11.3. The molecule has 0 saturated heterocycles. The van der Waals surface area contributed by atoms with Gasteiger partial charge in [0.1, 0.15) is 0 Å². The average Bonchev–Trinajstić information content (AvgIpc) is 2.26. The third kappa shape index (κ3) is 4.35. The number of hydrogen-bond acceptors (Lipinski definition) is 2. The van der Waals surface area contributed by atoms with Crippen LogP contribution in [-0.4, -0.2) is 9.97 Å². The van der Waals surface area contributed by atoms with E-state index in [4.69, 9.17) is 0 Å². The first-order chi connectivity index (χ1) is 8.00. The molecule has 2 heteroatoms. The number of hydrogen-bond donors (Lipinski definition) is 0. The van der Waals surface area contributed by atoms with Crippen LogP contribution in [0.2, 0.25) is 0 Å². The van der Waals surface area contributed by atoms with Gasteiger partial charge in [0.05, 0.1) is 0 Å². The van der Waals surface area contributed by atoms with Crippen LogP contribution in [0, 0.1) is 34.6 Å². The summed E-state index contributed by atoms with van der Waals surface area (Å²) in [6.45, 7) is 10.3. The standard InChI is InChI=1S/C8H11N.C7H9N/c1-6-4-5-9-8(3)7(6)2;1-6-3-4-8-7(2)5-6/h4-5H,1-3H3;3-5H,1-2H3. The first kappa shape index (κ1) is 13.4.